The monoisotopic (exact) mass is 292 g/mol. The standard InChI is InChI=1S/C16H24N2O3/c1-13-3-4-15(14(2)11-13)21-8-5-17-16(19)12-18-6-9-20-10-7-18/h3-4,11H,5-10,12H2,1-2H3,(H,17,19). The highest BCUT2D eigenvalue weighted by atomic mass is 16.5. The summed E-state index contributed by atoms with van der Waals surface area (Å²) in [5.74, 6) is 0.921. The van der Waals surface area contributed by atoms with Crippen molar-refractivity contribution in [2.75, 3.05) is 46.0 Å². The van der Waals surface area contributed by atoms with E-state index in [1.165, 1.54) is 5.56 Å². The lowest BCUT2D eigenvalue weighted by Gasteiger charge is -2.25. The lowest BCUT2D eigenvalue weighted by Crippen LogP contribution is -2.43. The van der Waals surface area contributed by atoms with E-state index in [4.69, 9.17) is 9.47 Å². The van der Waals surface area contributed by atoms with Crippen molar-refractivity contribution in [1.82, 2.24) is 10.2 Å². The van der Waals surface area contributed by atoms with Crippen LogP contribution in [0.3, 0.4) is 0 Å². The highest BCUT2D eigenvalue weighted by Gasteiger charge is 2.13. The summed E-state index contributed by atoms with van der Waals surface area (Å²) in [6.07, 6.45) is 0. The molecule has 0 radical (unpaired) electrons. The van der Waals surface area contributed by atoms with Crippen LogP contribution in [0.2, 0.25) is 0 Å². The summed E-state index contributed by atoms with van der Waals surface area (Å²) in [6.45, 7) is 8.61. The first-order chi connectivity index (χ1) is 10.1. The number of benzene rings is 1. The van der Waals surface area contributed by atoms with Gasteiger partial charge in [-0.05, 0) is 25.5 Å². The number of carbonyl (C=O) groups excluding carboxylic acids is 1. The lowest BCUT2D eigenvalue weighted by molar-refractivity contribution is -0.123. The van der Waals surface area contributed by atoms with E-state index in [9.17, 15) is 4.79 Å². The van der Waals surface area contributed by atoms with Crippen LogP contribution in [-0.2, 0) is 9.53 Å². The number of rotatable bonds is 6. The Bertz CT molecular complexity index is 471. The van der Waals surface area contributed by atoms with E-state index in [2.05, 4.69) is 23.2 Å². The Morgan fingerprint density at radius 1 is 1.33 bits per heavy atom. The molecular weight excluding hydrogens is 268 g/mol. The van der Waals surface area contributed by atoms with Crippen LogP contribution >= 0.6 is 0 Å². The van der Waals surface area contributed by atoms with Crippen molar-refractivity contribution in [2.45, 2.75) is 13.8 Å². The molecule has 21 heavy (non-hydrogen) atoms. The van der Waals surface area contributed by atoms with Crippen LogP contribution in [0.15, 0.2) is 18.2 Å². The number of hydrogen-bond acceptors (Lipinski definition) is 4. The molecule has 5 heteroatoms. The summed E-state index contributed by atoms with van der Waals surface area (Å²) in [5.41, 5.74) is 2.34. The molecule has 0 spiro atoms. The molecule has 1 aliphatic rings. The van der Waals surface area contributed by atoms with Crippen molar-refractivity contribution in [2.24, 2.45) is 0 Å². The Kier molecular flexibility index (Phi) is 6.02. The van der Waals surface area contributed by atoms with Crippen LogP contribution < -0.4 is 10.1 Å². The second kappa shape index (κ2) is 8.00. The van der Waals surface area contributed by atoms with Crippen molar-refractivity contribution < 1.29 is 14.3 Å². The second-order valence-electron chi connectivity index (χ2n) is 5.36. The van der Waals surface area contributed by atoms with Crippen molar-refractivity contribution in [1.29, 1.82) is 0 Å². The molecule has 1 aromatic carbocycles. The van der Waals surface area contributed by atoms with Gasteiger partial charge < -0.3 is 14.8 Å². The molecule has 1 aliphatic heterocycles. The minimum absolute atomic E-state index is 0.0427. The molecule has 1 saturated heterocycles. The Labute approximate surface area is 126 Å². The fourth-order valence-corrected chi connectivity index (χ4v) is 2.33. The molecule has 1 amide bonds. The first-order valence-electron chi connectivity index (χ1n) is 7.42. The Hall–Kier alpha value is -1.59. The largest absolute Gasteiger partial charge is 0.491 e. The van der Waals surface area contributed by atoms with Gasteiger partial charge in [0.1, 0.15) is 12.4 Å². The number of aryl methyl sites for hydroxylation is 2. The Morgan fingerprint density at radius 3 is 2.81 bits per heavy atom. The highest BCUT2D eigenvalue weighted by Crippen LogP contribution is 2.18. The van der Waals surface area contributed by atoms with Gasteiger partial charge in [-0.2, -0.15) is 0 Å². The first-order valence-corrected chi connectivity index (χ1v) is 7.42. The fourth-order valence-electron chi connectivity index (χ4n) is 2.33. The Morgan fingerprint density at radius 2 is 2.10 bits per heavy atom. The van der Waals surface area contributed by atoms with E-state index in [1.54, 1.807) is 0 Å². The maximum absolute atomic E-state index is 11.8. The molecule has 2 rings (SSSR count). The van der Waals surface area contributed by atoms with Crippen LogP contribution in [0.4, 0.5) is 0 Å². The van der Waals surface area contributed by atoms with Gasteiger partial charge in [-0.3, -0.25) is 9.69 Å². The predicted octanol–water partition coefficient (Wildman–Crippen LogP) is 1.13. The molecule has 0 bridgehead atoms. The summed E-state index contributed by atoms with van der Waals surface area (Å²) in [5, 5.41) is 2.88. The minimum Gasteiger partial charge on any atom is -0.491 e. The third kappa shape index (κ3) is 5.36. The van der Waals surface area contributed by atoms with Crippen molar-refractivity contribution in [3.63, 3.8) is 0 Å². The average molecular weight is 292 g/mol. The van der Waals surface area contributed by atoms with Crippen molar-refractivity contribution in [3.8, 4) is 5.75 Å². The zero-order valence-corrected chi connectivity index (χ0v) is 12.9. The van der Waals surface area contributed by atoms with Gasteiger partial charge >= 0.3 is 0 Å². The number of hydrogen-bond donors (Lipinski definition) is 1. The second-order valence-corrected chi connectivity index (χ2v) is 5.36. The highest BCUT2D eigenvalue weighted by molar-refractivity contribution is 5.78. The van der Waals surface area contributed by atoms with E-state index in [1.807, 2.05) is 19.1 Å². The van der Waals surface area contributed by atoms with Crippen LogP contribution in [0.1, 0.15) is 11.1 Å². The molecule has 1 heterocycles. The van der Waals surface area contributed by atoms with Crippen LogP contribution in [0.25, 0.3) is 0 Å². The molecule has 0 atom stereocenters. The zero-order valence-electron chi connectivity index (χ0n) is 12.9. The SMILES string of the molecule is Cc1ccc(OCCNC(=O)CN2CCOCC2)c(C)c1. The lowest BCUT2D eigenvalue weighted by atomic mass is 10.1. The van der Waals surface area contributed by atoms with E-state index < -0.39 is 0 Å². The normalized spacial score (nSPS) is 15.7. The molecule has 1 aromatic rings. The molecule has 5 nitrogen and oxygen atoms in total. The minimum atomic E-state index is 0.0427. The number of nitrogens with one attached hydrogen (secondary N) is 1. The molecule has 1 fully saturated rings. The van der Waals surface area contributed by atoms with Gasteiger partial charge in [-0.25, -0.2) is 0 Å². The van der Waals surface area contributed by atoms with Gasteiger partial charge in [0, 0.05) is 13.1 Å². The fraction of sp³-hybridized carbons (Fsp3) is 0.562. The Balaban J connectivity index is 1.63. The van der Waals surface area contributed by atoms with Gasteiger partial charge in [0.15, 0.2) is 0 Å². The van der Waals surface area contributed by atoms with Gasteiger partial charge in [-0.15, -0.1) is 0 Å². The van der Waals surface area contributed by atoms with Crippen LogP contribution in [-0.4, -0.2) is 56.8 Å². The third-order valence-electron chi connectivity index (χ3n) is 3.48. The smallest absolute Gasteiger partial charge is 0.234 e. The van der Waals surface area contributed by atoms with Gasteiger partial charge in [0.2, 0.25) is 5.91 Å². The molecule has 116 valence electrons. The number of amides is 1. The summed E-state index contributed by atoms with van der Waals surface area (Å²) < 4.78 is 10.9. The van der Waals surface area contributed by atoms with E-state index in [0.29, 0.717) is 32.9 Å². The number of ether oxygens (including phenoxy) is 2. The maximum atomic E-state index is 11.8. The quantitative estimate of drug-likeness (QED) is 0.799. The molecule has 1 N–H and O–H groups in total. The van der Waals surface area contributed by atoms with E-state index >= 15 is 0 Å². The molecule has 0 unspecified atom stereocenters. The third-order valence-corrected chi connectivity index (χ3v) is 3.48. The summed E-state index contributed by atoms with van der Waals surface area (Å²) in [7, 11) is 0. The number of carbonyl (C=O) groups is 1. The van der Waals surface area contributed by atoms with Gasteiger partial charge in [0.25, 0.3) is 0 Å². The summed E-state index contributed by atoms with van der Waals surface area (Å²) in [6, 6.07) is 6.09. The maximum Gasteiger partial charge on any atom is 0.234 e. The molecular formula is C16H24N2O3. The summed E-state index contributed by atoms with van der Waals surface area (Å²) >= 11 is 0. The molecule has 0 aliphatic carbocycles. The average Bonchev–Trinajstić information content (AvgIpc) is 2.46. The van der Waals surface area contributed by atoms with Crippen LogP contribution in [0.5, 0.6) is 5.75 Å². The molecule has 0 saturated carbocycles. The first kappa shape index (κ1) is 15.8. The zero-order chi connectivity index (χ0) is 15.1. The topological polar surface area (TPSA) is 50.8 Å². The van der Waals surface area contributed by atoms with E-state index in [0.717, 1.165) is 24.4 Å². The van der Waals surface area contributed by atoms with Crippen molar-refractivity contribution >= 4 is 5.91 Å². The number of morpholine rings is 1. The predicted molar refractivity (Wildman–Crippen MR) is 81.7 cm³/mol. The molecule has 0 aromatic heterocycles. The van der Waals surface area contributed by atoms with Gasteiger partial charge in [-0.1, -0.05) is 17.7 Å². The van der Waals surface area contributed by atoms with Gasteiger partial charge in [0.05, 0.1) is 26.3 Å². The number of nitrogens with zero attached hydrogens (tertiary/aromatic N) is 1. The summed E-state index contributed by atoms with van der Waals surface area (Å²) in [4.78, 5) is 13.9. The van der Waals surface area contributed by atoms with Crippen LogP contribution in [0, 0.1) is 13.8 Å². The van der Waals surface area contributed by atoms with Crippen molar-refractivity contribution in [3.05, 3.63) is 29.3 Å². The van der Waals surface area contributed by atoms with E-state index in [-0.39, 0.29) is 5.91 Å².